The second kappa shape index (κ2) is 5.37. The topological polar surface area (TPSA) is 71.4 Å². The molecule has 6 heteroatoms. The first-order chi connectivity index (χ1) is 10.4. The fraction of sp³-hybridized carbons (Fsp3) is 0.188. The van der Waals surface area contributed by atoms with Crippen molar-refractivity contribution >= 4 is 33.2 Å². The molecule has 0 fully saturated rings. The van der Waals surface area contributed by atoms with Crippen molar-refractivity contribution in [2.45, 2.75) is 18.2 Å². The summed E-state index contributed by atoms with van der Waals surface area (Å²) in [7, 11) is -3.45. The number of thiophene rings is 1. The lowest BCUT2D eigenvalue weighted by molar-refractivity contribution is -0.132. The van der Waals surface area contributed by atoms with Gasteiger partial charge >= 0.3 is 5.97 Å². The van der Waals surface area contributed by atoms with Gasteiger partial charge in [-0.2, -0.15) is 0 Å². The number of fused-ring (bicyclic) bond motifs is 1. The number of hydrogen-bond donors (Lipinski definition) is 1. The number of carbonyl (C=O) groups is 1. The summed E-state index contributed by atoms with van der Waals surface area (Å²) in [6.07, 6.45) is 1.51. The van der Waals surface area contributed by atoms with Crippen molar-refractivity contribution < 1.29 is 18.3 Å². The minimum atomic E-state index is -3.45. The van der Waals surface area contributed by atoms with E-state index in [1.54, 1.807) is 29.5 Å². The van der Waals surface area contributed by atoms with Crippen LogP contribution < -0.4 is 0 Å². The summed E-state index contributed by atoms with van der Waals surface area (Å²) in [5.41, 5.74) is 2.62. The average Bonchev–Trinajstić information content (AvgIpc) is 2.83. The van der Waals surface area contributed by atoms with E-state index >= 15 is 0 Å². The van der Waals surface area contributed by atoms with Gasteiger partial charge in [-0.1, -0.05) is 6.07 Å². The van der Waals surface area contributed by atoms with Crippen LogP contribution in [0, 0.1) is 6.92 Å². The number of benzene rings is 1. The molecule has 1 aromatic heterocycles. The number of hydrogen-bond acceptors (Lipinski definition) is 4. The first-order valence-electron chi connectivity index (χ1n) is 6.73. The fourth-order valence-electron chi connectivity index (χ4n) is 2.46. The molecule has 0 spiro atoms. The van der Waals surface area contributed by atoms with Crippen molar-refractivity contribution in [1.82, 2.24) is 0 Å². The van der Waals surface area contributed by atoms with Crippen LogP contribution >= 0.6 is 11.3 Å². The van der Waals surface area contributed by atoms with Gasteiger partial charge in [-0.25, -0.2) is 13.2 Å². The van der Waals surface area contributed by atoms with Crippen LogP contribution in [-0.2, 0) is 14.6 Å². The standard InChI is InChI=1S/C16H14O4S2/c1-10-6-14(21-9-10)11-2-3-15-13(7-11)8-12(16(17)18)4-5-22(15,19)20/h2-3,6-9H,4-5H2,1H3,(H,17,18). The Kier molecular flexibility index (Phi) is 3.66. The monoisotopic (exact) mass is 334 g/mol. The first kappa shape index (κ1) is 15.0. The molecule has 2 heterocycles. The molecular weight excluding hydrogens is 320 g/mol. The van der Waals surface area contributed by atoms with E-state index in [2.05, 4.69) is 0 Å². The van der Waals surface area contributed by atoms with Crippen LogP contribution in [0.2, 0.25) is 0 Å². The summed E-state index contributed by atoms with van der Waals surface area (Å²) in [4.78, 5) is 12.5. The van der Waals surface area contributed by atoms with Crippen LogP contribution in [0.3, 0.4) is 0 Å². The van der Waals surface area contributed by atoms with Crippen molar-refractivity contribution in [3.8, 4) is 10.4 Å². The van der Waals surface area contributed by atoms with E-state index in [0.717, 1.165) is 16.0 Å². The third-order valence-electron chi connectivity index (χ3n) is 3.60. The molecule has 0 saturated heterocycles. The van der Waals surface area contributed by atoms with E-state index in [0.29, 0.717) is 5.56 Å². The van der Waals surface area contributed by atoms with E-state index < -0.39 is 15.8 Å². The van der Waals surface area contributed by atoms with Crippen molar-refractivity contribution in [3.05, 3.63) is 46.3 Å². The Bertz CT molecular complexity index is 889. The third-order valence-corrected chi connectivity index (χ3v) is 6.49. The maximum Gasteiger partial charge on any atom is 0.331 e. The Morgan fingerprint density at radius 1 is 1.27 bits per heavy atom. The van der Waals surface area contributed by atoms with E-state index in [1.165, 1.54) is 6.08 Å². The van der Waals surface area contributed by atoms with Gasteiger partial charge in [0.15, 0.2) is 9.84 Å². The van der Waals surface area contributed by atoms with Crippen molar-refractivity contribution in [1.29, 1.82) is 0 Å². The molecule has 1 aliphatic heterocycles. The Hall–Kier alpha value is -1.92. The highest BCUT2D eigenvalue weighted by molar-refractivity contribution is 7.91. The quantitative estimate of drug-likeness (QED) is 0.914. The Labute approximate surface area is 132 Å². The number of sulfone groups is 1. The molecule has 1 aliphatic rings. The molecule has 0 radical (unpaired) electrons. The second-order valence-corrected chi connectivity index (χ2v) is 8.27. The van der Waals surface area contributed by atoms with E-state index in [1.807, 2.05) is 18.4 Å². The smallest absolute Gasteiger partial charge is 0.331 e. The maximum atomic E-state index is 12.3. The van der Waals surface area contributed by atoms with Crippen LogP contribution in [-0.4, -0.2) is 25.2 Å². The lowest BCUT2D eigenvalue weighted by Gasteiger charge is -2.07. The predicted molar refractivity (Wildman–Crippen MR) is 86.8 cm³/mol. The zero-order chi connectivity index (χ0) is 15.9. The SMILES string of the molecule is Cc1csc(-c2ccc3c(c2)C=C(C(=O)O)CCS3(=O)=O)c1. The van der Waals surface area contributed by atoms with Gasteiger partial charge in [-0.3, -0.25) is 0 Å². The lowest BCUT2D eigenvalue weighted by Crippen LogP contribution is -2.08. The zero-order valence-electron chi connectivity index (χ0n) is 11.9. The molecule has 2 aromatic rings. The van der Waals surface area contributed by atoms with Crippen molar-refractivity contribution in [3.63, 3.8) is 0 Å². The molecule has 114 valence electrons. The van der Waals surface area contributed by atoms with Gasteiger partial charge < -0.3 is 5.11 Å². The third kappa shape index (κ3) is 2.71. The van der Waals surface area contributed by atoms with Crippen molar-refractivity contribution in [2.24, 2.45) is 0 Å². The largest absolute Gasteiger partial charge is 0.478 e. The Balaban J connectivity index is 2.19. The van der Waals surface area contributed by atoms with Crippen LogP contribution in [0.5, 0.6) is 0 Å². The number of carboxylic acids is 1. The molecule has 0 unspecified atom stereocenters. The average molecular weight is 334 g/mol. The molecular formula is C16H14O4S2. The predicted octanol–water partition coefficient (Wildman–Crippen LogP) is 3.37. The molecule has 0 aliphatic carbocycles. The van der Waals surface area contributed by atoms with Crippen LogP contribution in [0.4, 0.5) is 0 Å². The van der Waals surface area contributed by atoms with Gasteiger partial charge in [0.25, 0.3) is 0 Å². The number of rotatable bonds is 2. The molecule has 0 saturated carbocycles. The zero-order valence-corrected chi connectivity index (χ0v) is 13.5. The number of carboxylic acid groups (broad SMARTS) is 1. The minimum Gasteiger partial charge on any atom is -0.478 e. The molecule has 0 amide bonds. The number of aryl methyl sites for hydroxylation is 1. The van der Waals surface area contributed by atoms with Crippen LogP contribution in [0.25, 0.3) is 16.5 Å². The molecule has 22 heavy (non-hydrogen) atoms. The van der Waals surface area contributed by atoms with Crippen LogP contribution in [0.15, 0.2) is 40.1 Å². The molecule has 3 rings (SSSR count). The summed E-state index contributed by atoms with van der Waals surface area (Å²) >= 11 is 1.58. The van der Waals surface area contributed by atoms with Gasteiger partial charge in [0, 0.05) is 10.5 Å². The molecule has 1 N–H and O–H groups in total. The maximum absolute atomic E-state index is 12.3. The molecule has 0 bridgehead atoms. The normalized spacial score (nSPS) is 16.5. The second-order valence-electron chi connectivity index (χ2n) is 5.28. The fourth-order valence-corrected chi connectivity index (χ4v) is 4.82. The first-order valence-corrected chi connectivity index (χ1v) is 9.26. The summed E-state index contributed by atoms with van der Waals surface area (Å²) in [5, 5.41) is 11.2. The van der Waals surface area contributed by atoms with Crippen LogP contribution in [0.1, 0.15) is 17.5 Å². The van der Waals surface area contributed by atoms with Gasteiger partial charge in [0.1, 0.15) is 0 Å². The number of aliphatic carboxylic acids is 1. The molecule has 4 nitrogen and oxygen atoms in total. The highest BCUT2D eigenvalue weighted by Gasteiger charge is 2.24. The van der Waals surface area contributed by atoms with E-state index in [-0.39, 0.29) is 22.6 Å². The van der Waals surface area contributed by atoms with Gasteiger partial charge in [-0.15, -0.1) is 11.3 Å². The summed E-state index contributed by atoms with van der Waals surface area (Å²) in [6.45, 7) is 2.00. The van der Waals surface area contributed by atoms with Gasteiger partial charge in [0.2, 0.25) is 0 Å². The summed E-state index contributed by atoms with van der Waals surface area (Å²) in [6, 6.07) is 7.14. The Morgan fingerprint density at radius 2 is 2.05 bits per heavy atom. The minimum absolute atomic E-state index is 0.0276. The van der Waals surface area contributed by atoms with Crippen molar-refractivity contribution in [2.75, 3.05) is 5.75 Å². The lowest BCUT2D eigenvalue weighted by atomic mass is 10.1. The molecule has 1 aromatic carbocycles. The summed E-state index contributed by atoms with van der Waals surface area (Å²) in [5.74, 6) is -1.24. The van der Waals surface area contributed by atoms with Gasteiger partial charge in [-0.05, 0) is 59.7 Å². The Morgan fingerprint density at radius 3 is 2.68 bits per heavy atom. The highest BCUT2D eigenvalue weighted by Crippen LogP contribution is 2.33. The highest BCUT2D eigenvalue weighted by atomic mass is 32.2. The summed E-state index contributed by atoms with van der Waals surface area (Å²) < 4.78 is 24.6. The van der Waals surface area contributed by atoms with E-state index in [9.17, 15) is 18.3 Å². The molecule has 0 atom stereocenters. The van der Waals surface area contributed by atoms with Gasteiger partial charge in [0.05, 0.1) is 10.6 Å². The van der Waals surface area contributed by atoms with E-state index in [4.69, 9.17) is 0 Å².